The van der Waals surface area contributed by atoms with Gasteiger partial charge in [0.15, 0.2) is 0 Å². The van der Waals surface area contributed by atoms with Crippen LogP contribution in [0.2, 0.25) is 0 Å². The highest BCUT2D eigenvalue weighted by molar-refractivity contribution is 9.10. The van der Waals surface area contributed by atoms with E-state index < -0.39 is 12.0 Å². The first kappa shape index (κ1) is 15.8. The molecule has 0 spiro atoms. The number of carbonyl (C=O) groups is 2. The van der Waals surface area contributed by atoms with Gasteiger partial charge in [0.2, 0.25) is 0 Å². The first-order chi connectivity index (χ1) is 10.0. The lowest BCUT2D eigenvalue weighted by molar-refractivity contribution is -0.143. The predicted octanol–water partition coefficient (Wildman–Crippen LogP) is 3.24. The number of carbonyl (C=O) groups excluding carboxylic acids is 1. The van der Waals surface area contributed by atoms with Gasteiger partial charge in [0.05, 0.1) is 13.0 Å². The minimum absolute atomic E-state index is 0.140. The lowest BCUT2D eigenvalue weighted by Gasteiger charge is -2.25. The largest absolute Gasteiger partial charge is 0.469 e. The molecule has 1 N–H and O–H groups in total. The lowest BCUT2D eigenvalue weighted by Crippen LogP contribution is -2.36. The first-order valence-corrected chi connectivity index (χ1v) is 7.65. The van der Waals surface area contributed by atoms with Crippen molar-refractivity contribution in [2.24, 2.45) is 0 Å². The van der Waals surface area contributed by atoms with Gasteiger partial charge in [0.1, 0.15) is 0 Å². The van der Waals surface area contributed by atoms with E-state index >= 15 is 0 Å². The number of hydrogen-bond donors (Lipinski definition) is 1. The highest BCUT2D eigenvalue weighted by atomic mass is 79.9. The van der Waals surface area contributed by atoms with Crippen molar-refractivity contribution < 1.29 is 19.4 Å². The molecular formula is C15H18BrNO4. The number of benzene rings is 1. The van der Waals surface area contributed by atoms with E-state index in [2.05, 4.69) is 15.9 Å². The summed E-state index contributed by atoms with van der Waals surface area (Å²) in [6, 6.07) is 7.33. The summed E-state index contributed by atoms with van der Waals surface area (Å²) in [5.41, 5.74) is 0.835. The molecule has 2 atom stereocenters. The number of esters is 1. The van der Waals surface area contributed by atoms with Crippen LogP contribution in [0.15, 0.2) is 28.7 Å². The Labute approximate surface area is 132 Å². The van der Waals surface area contributed by atoms with Gasteiger partial charge in [0, 0.05) is 17.1 Å². The summed E-state index contributed by atoms with van der Waals surface area (Å²) in [6.45, 7) is 0.532. The molecule has 2 rings (SSSR count). The standard InChI is InChI=1S/C15H18BrNO4/c1-21-14(18)12(11-6-2-3-7-13(11)16)9-10-5-4-8-17(10)15(19)20/h2-3,6-7,10,12H,4-5,8-9H2,1H3,(H,19,20). The molecule has 6 heteroatoms. The van der Waals surface area contributed by atoms with Gasteiger partial charge in [-0.25, -0.2) is 4.79 Å². The number of ether oxygens (including phenoxy) is 1. The number of carboxylic acid groups (broad SMARTS) is 1. The van der Waals surface area contributed by atoms with Crippen LogP contribution in [-0.2, 0) is 9.53 Å². The summed E-state index contributed by atoms with van der Waals surface area (Å²) in [4.78, 5) is 24.8. The van der Waals surface area contributed by atoms with E-state index in [1.165, 1.54) is 12.0 Å². The average Bonchev–Trinajstić information content (AvgIpc) is 2.93. The number of amides is 1. The maximum atomic E-state index is 12.1. The van der Waals surface area contributed by atoms with Crippen LogP contribution in [0, 0.1) is 0 Å². The quantitative estimate of drug-likeness (QED) is 0.841. The van der Waals surface area contributed by atoms with Gasteiger partial charge in [-0.15, -0.1) is 0 Å². The van der Waals surface area contributed by atoms with E-state index in [0.29, 0.717) is 13.0 Å². The highest BCUT2D eigenvalue weighted by Crippen LogP contribution is 2.33. The SMILES string of the molecule is COC(=O)C(CC1CCCN1C(=O)O)c1ccccc1Br. The summed E-state index contributed by atoms with van der Waals surface area (Å²) in [5, 5.41) is 9.22. The molecule has 1 aliphatic rings. The van der Waals surface area contributed by atoms with Gasteiger partial charge in [-0.05, 0) is 30.9 Å². The Morgan fingerprint density at radius 3 is 2.81 bits per heavy atom. The Morgan fingerprint density at radius 2 is 2.19 bits per heavy atom. The third kappa shape index (κ3) is 3.56. The molecule has 0 aromatic heterocycles. The van der Waals surface area contributed by atoms with Crippen molar-refractivity contribution in [2.45, 2.75) is 31.2 Å². The third-order valence-electron chi connectivity index (χ3n) is 3.90. The zero-order valence-corrected chi connectivity index (χ0v) is 13.4. The topological polar surface area (TPSA) is 66.8 Å². The van der Waals surface area contributed by atoms with Crippen molar-refractivity contribution in [2.75, 3.05) is 13.7 Å². The summed E-state index contributed by atoms with van der Waals surface area (Å²) >= 11 is 3.45. The number of hydrogen-bond acceptors (Lipinski definition) is 3. The number of methoxy groups -OCH3 is 1. The summed E-state index contributed by atoms with van der Waals surface area (Å²) in [6.07, 6.45) is 1.14. The van der Waals surface area contributed by atoms with E-state index in [9.17, 15) is 14.7 Å². The maximum Gasteiger partial charge on any atom is 0.407 e. The normalized spacial score (nSPS) is 19.3. The Balaban J connectivity index is 2.24. The van der Waals surface area contributed by atoms with Gasteiger partial charge < -0.3 is 14.7 Å². The second-order valence-electron chi connectivity index (χ2n) is 5.10. The van der Waals surface area contributed by atoms with Crippen LogP contribution in [-0.4, -0.2) is 41.8 Å². The second kappa shape index (κ2) is 6.93. The van der Waals surface area contributed by atoms with Gasteiger partial charge in [-0.2, -0.15) is 0 Å². The number of nitrogens with zero attached hydrogens (tertiary/aromatic N) is 1. The van der Waals surface area contributed by atoms with Gasteiger partial charge in [0.25, 0.3) is 0 Å². The molecule has 21 heavy (non-hydrogen) atoms. The van der Waals surface area contributed by atoms with Crippen LogP contribution in [0.4, 0.5) is 4.79 Å². The van der Waals surface area contributed by atoms with Crippen LogP contribution in [0.1, 0.15) is 30.7 Å². The van der Waals surface area contributed by atoms with Gasteiger partial charge in [-0.1, -0.05) is 34.1 Å². The first-order valence-electron chi connectivity index (χ1n) is 6.86. The van der Waals surface area contributed by atoms with E-state index in [-0.39, 0.29) is 12.0 Å². The molecule has 1 aliphatic heterocycles. The van der Waals surface area contributed by atoms with Crippen molar-refractivity contribution >= 4 is 28.0 Å². The molecule has 2 unspecified atom stereocenters. The molecule has 1 saturated heterocycles. The van der Waals surface area contributed by atoms with Crippen molar-refractivity contribution in [3.8, 4) is 0 Å². The predicted molar refractivity (Wildman–Crippen MR) is 81.3 cm³/mol. The summed E-state index contributed by atoms with van der Waals surface area (Å²) in [7, 11) is 1.36. The number of halogens is 1. The molecular weight excluding hydrogens is 338 g/mol. The molecule has 1 aromatic carbocycles. The van der Waals surface area contributed by atoms with Crippen LogP contribution in [0.25, 0.3) is 0 Å². The van der Waals surface area contributed by atoms with Crippen LogP contribution >= 0.6 is 15.9 Å². The molecule has 114 valence electrons. The number of rotatable bonds is 4. The van der Waals surface area contributed by atoms with Gasteiger partial charge in [-0.3, -0.25) is 4.79 Å². The molecule has 1 amide bonds. The highest BCUT2D eigenvalue weighted by Gasteiger charge is 2.34. The van der Waals surface area contributed by atoms with Crippen molar-refractivity contribution in [3.05, 3.63) is 34.3 Å². The van der Waals surface area contributed by atoms with Crippen molar-refractivity contribution in [3.63, 3.8) is 0 Å². The van der Waals surface area contributed by atoms with E-state index in [4.69, 9.17) is 4.74 Å². The zero-order chi connectivity index (χ0) is 15.4. The zero-order valence-electron chi connectivity index (χ0n) is 11.8. The second-order valence-corrected chi connectivity index (χ2v) is 5.96. The molecule has 1 heterocycles. The Bertz CT molecular complexity index is 534. The third-order valence-corrected chi connectivity index (χ3v) is 4.62. The molecule has 0 radical (unpaired) electrons. The van der Waals surface area contributed by atoms with E-state index in [1.807, 2.05) is 24.3 Å². The molecule has 0 aliphatic carbocycles. The maximum absolute atomic E-state index is 12.1. The van der Waals surface area contributed by atoms with Gasteiger partial charge >= 0.3 is 12.1 Å². The Morgan fingerprint density at radius 1 is 1.48 bits per heavy atom. The fourth-order valence-corrected chi connectivity index (χ4v) is 3.42. The summed E-state index contributed by atoms with van der Waals surface area (Å²) in [5.74, 6) is -0.797. The number of likely N-dealkylation sites (tertiary alicyclic amines) is 1. The Hall–Kier alpha value is -1.56. The fourth-order valence-electron chi connectivity index (χ4n) is 2.85. The summed E-state index contributed by atoms with van der Waals surface area (Å²) < 4.78 is 5.74. The minimum atomic E-state index is -0.923. The van der Waals surface area contributed by atoms with Crippen LogP contribution in [0.5, 0.6) is 0 Å². The van der Waals surface area contributed by atoms with E-state index in [0.717, 1.165) is 22.9 Å². The van der Waals surface area contributed by atoms with Crippen LogP contribution < -0.4 is 0 Å². The smallest absolute Gasteiger partial charge is 0.407 e. The van der Waals surface area contributed by atoms with E-state index in [1.54, 1.807) is 0 Å². The molecule has 1 fully saturated rings. The lowest BCUT2D eigenvalue weighted by atomic mass is 9.91. The molecule has 5 nitrogen and oxygen atoms in total. The Kier molecular flexibility index (Phi) is 5.22. The minimum Gasteiger partial charge on any atom is -0.469 e. The molecule has 0 saturated carbocycles. The molecule has 1 aromatic rings. The van der Waals surface area contributed by atoms with Crippen LogP contribution in [0.3, 0.4) is 0 Å². The molecule has 0 bridgehead atoms. The van der Waals surface area contributed by atoms with Crippen molar-refractivity contribution in [1.82, 2.24) is 4.90 Å². The monoisotopic (exact) mass is 355 g/mol. The average molecular weight is 356 g/mol. The van der Waals surface area contributed by atoms with Crippen molar-refractivity contribution in [1.29, 1.82) is 0 Å². The fraction of sp³-hybridized carbons (Fsp3) is 0.467.